The lowest BCUT2D eigenvalue weighted by Crippen LogP contribution is -2.15. The van der Waals surface area contributed by atoms with Crippen molar-refractivity contribution in [2.24, 2.45) is 7.05 Å². The standard InChI is InChI=1S/C24H18FN3O4/c1-5-21(29)27-16-6-7-20(31-22-13(2)8-15(25)9-14(22)3)17(10-16)19-12-28(4)24(30)23-18(19)11-26-32-23/h1,6-12H,2-4H3,(H,27,29). The number of anilines is 1. The summed E-state index contributed by atoms with van der Waals surface area (Å²) < 4.78 is 26.5. The van der Waals surface area contributed by atoms with Crippen LogP contribution >= 0.6 is 0 Å². The Labute approximate surface area is 182 Å². The molecule has 160 valence electrons. The van der Waals surface area contributed by atoms with Crippen LogP contribution in [0.25, 0.3) is 22.1 Å². The molecule has 7 nitrogen and oxygen atoms in total. The van der Waals surface area contributed by atoms with Gasteiger partial charge in [-0.25, -0.2) is 4.39 Å². The van der Waals surface area contributed by atoms with E-state index >= 15 is 0 Å². The minimum atomic E-state index is -0.606. The summed E-state index contributed by atoms with van der Waals surface area (Å²) in [5.74, 6) is 1.96. The van der Waals surface area contributed by atoms with E-state index in [0.29, 0.717) is 44.8 Å². The normalized spacial score (nSPS) is 10.7. The van der Waals surface area contributed by atoms with Crippen molar-refractivity contribution in [2.75, 3.05) is 5.32 Å². The number of halogens is 1. The fourth-order valence-electron chi connectivity index (χ4n) is 3.53. The molecule has 32 heavy (non-hydrogen) atoms. The van der Waals surface area contributed by atoms with Gasteiger partial charge in [0, 0.05) is 30.1 Å². The number of nitrogens with one attached hydrogen (secondary N) is 1. The van der Waals surface area contributed by atoms with Gasteiger partial charge in [-0.05, 0) is 61.2 Å². The number of aryl methyl sites for hydroxylation is 3. The van der Waals surface area contributed by atoms with Gasteiger partial charge in [0.15, 0.2) is 0 Å². The van der Waals surface area contributed by atoms with Crippen LogP contribution in [0.5, 0.6) is 11.5 Å². The monoisotopic (exact) mass is 431 g/mol. The van der Waals surface area contributed by atoms with Crippen molar-refractivity contribution in [3.05, 3.63) is 70.0 Å². The highest BCUT2D eigenvalue weighted by Gasteiger charge is 2.19. The largest absolute Gasteiger partial charge is 0.456 e. The van der Waals surface area contributed by atoms with Crippen molar-refractivity contribution in [3.8, 4) is 35.0 Å². The van der Waals surface area contributed by atoms with Gasteiger partial charge in [0.1, 0.15) is 17.3 Å². The molecule has 2 heterocycles. The fraction of sp³-hybridized carbons (Fsp3) is 0.125. The maximum atomic E-state index is 13.8. The Morgan fingerprint density at radius 1 is 1.22 bits per heavy atom. The second-order valence-electron chi connectivity index (χ2n) is 7.31. The van der Waals surface area contributed by atoms with Crippen molar-refractivity contribution in [1.29, 1.82) is 0 Å². The predicted octanol–water partition coefficient (Wildman–Crippen LogP) is 4.31. The molecule has 0 aliphatic rings. The van der Waals surface area contributed by atoms with Gasteiger partial charge in [0.25, 0.3) is 11.5 Å². The van der Waals surface area contributed by atoms with E-state index in [4.69, 9.17) is 15.7 Å². The third-order valence-corrected chi connectivity index (χ3v) is 4.99. The Bertz CT molecular complexity index is 1450. The molecule has 4 rings (SSSR count). The highest BCUT2D eigenvalue weighted by Crippen LogP contribution is 2.40. The molecule has 0 fully saturated rings. The summed E-state index contributed by atoms with van der Waals surface area (Å²) in [6, 6.07) is 7.73. The molecule has 0 atom stereocenters. The highest BCUT2D eigenvalue weighted by atomic mass is 19.1. The van der Waals surface area contributed by atoms with Gasteiger partial charge in [0.05, 0.1) is 11.6 Å². The molecule has 0 aliphatic heterocycles. The summed E-state index contributed by atoms with van der Waals surface area (Å²) in [4.78, 5) is 24.1. The number of hydrogen-bond donors (Lipinski definition) is 1. The SMILES string of the molecule is C#CC(=O)Nc1ccc(Oc2c(C)cc(F)cc2C)c(-c2cn(C)c(=O)c3oncc23)c1. The number of carbonyl (C=O) groups is 1. The topological polar surface area (TPSA) is 86.4 Å². The molecule has 0 aliphatic carbocycles. The van der Waals surface area contributed by atoms with Gasteiger partial charge in [-0.1, -0.05) is 5.16 Å². The Hall–Kier alpha value is -4.38. The molecule has 0 radical (unpaired) electrons. The van der Waals surface area contributed by atoms with Gasteiger partial charge in [-0.3, -0.25) is 9.59 Å². The van der Waals surface area contributed by atoms with E-state index in [1.54, 1.807) is 45.3 Å². The number of amides is 1. The van der Waals surface area contributed by atoms with Crippen molar-refractivity contribution in [2.45, 2.75) is 13.8 Å². The van der Waals surface area contributed by atoms with Gasteiger partial charge < -0.3 is 19.1 Å². The molecule has 1 amide bonds. The zero-order valence-corrected chi connectivity index (χ0v) is 17.5. The molecule has 0 unspecified atom stereocenters. The number of carbonyl (C=O) groups excluding carboxylic acids is 1. The van der Waals surface area contributed by atoms with Crippen LogP contribution in [0.15, 0.2) is 52.0 Å². The average molecular weight is 431 g/mol. The van der Waals surface area contributed by atoms with Crippen molar-refractivity contribution < 1.29 is 18.4 Å². The maximum Gasteiger partial charge on any atom is 0.300 e. The number of hydrogen-bond acceptors (Lipinski definition) is 5. The van der Waals surface area contributed by atoms with Crippen LogP contribution in [-0.2, 0) is 11.8 Å². The Balaban J connectivity index is 1.94. The lowest BCUT2D eigenvalue weighted by Gasteiger charge is -2.17. The second-order valence-corrected chi connectivity index (χ2v) is 7.31. The van der Waals surface area contributed by atoms with Crippen LogP contribution in [0, 0.1) is 32.0 Å². The molecule has 2 aromatic heterocycles. The first-order valence-corrected chi connectivity index (χ1v) is 9.59. The molecule has 0 spiro atoms. The third-order valence-electron chi connectivity index (χ3n) is 4.99. The second kappa shape index (κ2) is 8.04. The zero-order chi connectivity index (χ0) is 23.0. The van der Waals surface area contributed by atoms with Crippen molar-refractivity contribution >= 4 is 22.6 Å². The first-order chi connectivity index (χ1) is 15.3. The lowest BCUT2D eigenvalue weighted by atomic mass is 10.0. The van der Waals surface area contributed by atoms with E-state index < -0.39 is 5.91 Å². The quantitative estimate of drug-likeness (QED) is 0.487. The molecular weight excluding hydrogens is 413 g/mol. The molecule has 0 bridgehead atoms. The molecule has 2 aromatic carbocycles. The van der Waals surface area contributed by atoms with Crippen LogP contribution in [0.1, 0.15) is 11.1 Å². The fourth-order valence-corrected chi connectivity index (χ4v) is 3.53. The summed E-state index contributed by atoms with van der Waals surface area (Å²) in [5.41, 5.74) is 2.55. The zero-order valence-electron chi connectivity index (χ0n) is 17.5. The van der Waals surface area contributed by atoms with E-state index in [9.17, 15) is 14.0 Å². The number of rotatable bonds is 4. The highest BCUT2D eigenvalue weighted by molar-refractivity contribution is 6.04. The number of aromatic nitrogens is 2. The minimum absolute atomic E-state index is 0.0863. The summed E-state index contributed by atoms with van der Waals surface area (Å²) in [7, 11) is 1.59. The van der Waals surface area contributed by atoms with Crippen molar-refractivity contribution in [1.82, 2.24) is 9.72 Å². The van der Waals surface area contributed by atoms with Crippen LogP contribution < -0.4 is 15.6 Å². The predicted molar refractivity (Wildman–Crippen MR) is 118 cm³/mol. The Morgan fingerprint density at radius 3 is 2.62 bits per heavy atom. The number of pyridine rings is 1. The summed E-state index contributed by atoms with van der Waals surface area (Å²) in [5, 5.41) is 6.84. The molecule has 8 heteroatoms. The lowest BCUT2D eigenvalue weighted by molar-refractivity contribution is -0.111. The van der Waals surface area contributed by atoms with Crippen LogP contribution in [0.2, 0.25) is 0 Å². The van der Waals surface area contributed by atoms with E-state index in [1.807, 2.05) is 5.92 Å². The first-order valence-electron chi connectivity index (χ1n) is 9.59. The smallest absolute Gasteiger partial charge is 0.300 e. The van der Waals surface area contributed by atoms with Crippen LogP contribution in [-0.4, -0.2) is 15.6 Å². The minimum Gasteiger partial charge on any atom is -0.456 e. The van der Waals surface area contributed by atoms with Crippen LogP contribution in [0.4, 0.5) is 10.1 Å². The first kappa shape index (κ1) is 20.9. The molecule has 1 N–H and O–H groups in total. The summed E-state index contributed by atoms with van der Waals surface area (Å²) in [6.07, 6.45) is 8.24. The van der Waals surface area contributed by atoms with E-state index in [0.717, 1.165) is 0 Å². The van der Waals surface area contributed by atoms with E-state index in [2.05, 4.69) is 10.5 Å². The molecule has 0 saturated carbocycles. The molecular formula is C24H18FN3O4. The van der Waals surface area contributed by atoms with Gasteiger partial charge >= 0.3 is 0 Å². The molecule has 4 aromatic rings. The number of nitrogens with zero attached hydrogens (tertiary/aromatic N) is 2. The number of benzene rings is 2. The third kappa shape index (κ3) is 3.72. The number of ether oxygens (including phenoxy) is 1. The van der Waals surface area contributed by atoms with Gasteiger partial charge in [-0.2, -0.15) is 0 Å². The summed E-state index contributed by atoms with van der Waals surface area (Å²) in [6.45, 7) is 3.49. The summed E-state index contributed by atoms with van der Waals surface area (Å²) >= 11 is 0. The van der Waals surface area contributed by atoms with Gasteiger partial charge in [-0.15, -0.1) is 6.42 Å². The molecule has 0 saturated heterocycles. The maximum absolute atomic E-state index is 13.8. The Kier molecular flexibility index (Phi) is 5.24. The van der Waals surface area contributed by atoms with E-state index in [-0.39, 0.29) is 17.0 Å². The van der Waals surface area contributed by atoms with Gasteiger partial charge in [0.2, 0.25) is 5.58 Å². The average Bonchev–Trinajstić information content (AvgIpc) is 3.24. The van der Waals surface area contributed by atoms with E-state index in [1.165, 1.54) is 22.9 Å². The van der Waals surface area contributed by atoms with Crippen molar-refractivity contribution in [3.63, 3.8) is 0 Å². The number of fused-ring (bicyclic) bond motifs is 1. The Morgan fingerprint density at radius 2 is 1.94 bits per heavy atom. The van der Waals surface area contributed by atoms with Crippen LogP contribution in [0.3, 0.4) is 0 Å². The number of terminal acetylenes is 1.